The molecule has 0 aliphatic rings. The van der Waals surface area contributed by atoms with E-state index in [9.17, 15) is 4.79 Å². The Hall–Kier alpha value is -3.97. The molecule has 0 fully saturated rings. The minimum Gasteiger partial charge on any atom is -0.493 e. The molecule has 3 aromatic carbocycles. The highest BCUT2D eigenvalue weighted by Crippen LogP contribution is 2.37. The zero-order chi connectivity index (χ0) is 24.9. The van der Waals surface area contributed by atoms with E-state index in [0.717, 1.165) is 22.0 Å². The number of ether oxygens (including phenoxy) is 4. The molecule has 8 heteroatoms. The SMILES string of the molecule is COc1cc(Cc2nccc3cc(OC)c(OC)cc23)c(NC(=O)c2ccc(Cl)cc2)cc1OC. The van der Waals surface area contributed by atoms with Gasteiger partial charge in [-0.2, -0.15) is 0 Å². The smallest absolute Gasteiger partial charge is 0.255 e. The number of pyridine rings is 1. The standard InChI is InChI=1S/C27H25ClN2O5/c1-32-23-12-17-9-10-29-22(20(17)14-25(23)34-3)11-18-13-24(33-2)26(35-4)15-21(18)30-27(31)16-5-7-19(28)8-6-16/h5-10,12-15H,11H2,1-4H3,(H,30,31). The van der Waals surface area contributed by atoms with E-state index in [0.29, 0.717) is 45.7 Å². The normalized spacial score (nSPS) is 10.7. The molecule has 35 heavy (non-hydrogen) atoms. The average molecular weight is 493 g/mol. The first-order valence-corrected chi connectivity index (χ1v) is 11.2. The molecule has 1 amide bonds. The number of methoxy groups -OCH3 is 4. The Kier molecular flexibility index (Phi) is 7.27. The van der Waals surface area contributed by atoms with Crippen LogP contribution in [0.15, 0.2) is 60.8 Å². The van der Waals surface area contributed by atoms with Gasteiger partial charge in [0.2, 0.25) is 0 Å². The molecule has 0 aliphatic heterocycles. The zero-order valence-electron chi connectivity index (χ0n) is 19.8. The Bertz CT molecular complexity index is 1370. The lowest BCUT2D eigenvalue weighted by Crippen LogP contribution is -2.14. The number of amides is 1. The molecule has 1 heterocycles. The van der Waals surface area contributed by atoms with E-state index in [1.54, 1.807) is 65.0 Å². The van der Waals surface area contributed by atoms with Crippen LogP contribution in [0.1, 0.15) is 21.6 Å². The lowest BCUT2D eigenvalue weighted by atomic mass is 10.0. The number of nitrogens with one attached hydrogen (secondary N) is 1. The third-order valence-electron chi connectivity index (χ3n) is 5.67. The molecule has 0 unspecified atom stereocenters. The Balaban J connectivity index is 1.78. The number of fused-ring (bicyclic) bond motifs is 1. The van der Waals surface area contributed by atoms with Gasteiger partial charge < -0.3 is 24.3 Å². The number of hydrogen-bond acceptors (Lipinski definition) is 6. The van der Waals surface area contributed by atoms with Crippen molar-refractivity contribution >= 4 is 34.0 Å². The van der Waals surface area contributed by atoms with Crippen LogP contribution in [-0.2, 0) is 6.42 Å². The highest BCUT2D eigenvalue weighted by Gasteiger charge is 2.17. The maximum atomic E-state index is 13.0. The van der Waals surface area contributed by atoms with E-state index in [1.165, 1.54) is 0 Å². The van der Waals surface area contributed by atoms with Crippen LogP contribution in [0.5, 0.6) is 23.0 Å². The molecular formula is C27H25ClN2O5. The number of nitrogens with zero attached hydrogens (tertiary/aromatic N) is 1. The highest BCUT2D eigenvalue weighted by atomic mass is 35.5. The van der Waals surface area contributed by atoms with Crippen LogP contribution >= 0.6 is 11.6 Å². The second-order valence-corrected chi connectivity index (χ2v) is 8.12. The number of hydrogen-bond donors (Lipinski definition) is 1. The summed E-state index contributed by atoms with van der Waals surface area (Å²) >= 11 is 5.97. The third kappa shape index (κ3) is 5.10. The number of rotatable bonds is 8. The molecule has 0 aliphatic carbocycles. The molecule has 0 atom stereocenters. The first-order chi connectivity index (χ1) is 17.0. The average Bonchev–Trinajstić information content (AvgIpc) is 2.88. The fourth-order valence-electron chi connectivity index (χ4n) is 3.86. The van der Waals surface area contributed by atoms with Crippen molar-refractivity contribution in [3.05, 3.63) is 82.6 Å². The Morgan fingerprint density at radius 2 is 1.43 bits per heavy atom. The van der Waals surface area contributed by atoms with Crippen molar-refractivity contribution in [3.8, 4) is 23.0 Å². The number of aromatic nitrogens is 1. The fourth-order valence-corrected chi connectivity index (χ4v) is 3.99. The van der Waals surface area contributed by atoms with Gasteiger partial charge in [0.15, 0.2) is 23.0 Å². The molecule has 4 rings (SSSR count). The van der Waals surface area contributed by atoms with Crippen molar-refractivity contribution in [2.24, 2.45) is 0 Å². The number of carbonyl (C=O) groups excluding carboxylic acids is 1. The lowest BCUT2D eigenvalue weighted by molar-refractivity contribution is 0.102. The second-order valence-electron chi connectivity index (χ2n) is 7.69. The third-order valence-corrected chi connectivity index (χ3v) is 5.92. The minimum atomic E-state index is -0.271. The van der Waals surface area contributed by atoms with Gasteiger partial charge in [0, 0.05) is 40.3 Å². The largest absolute Gasteiger partial charge is 0.493 e. The van der Waals surface area contributed by atoms with Gasteiger partial charge in [-0.1, -0.05) is 11.6 Å². The summed E-state index contributed by atoms with van der Waals surface area (Å²) in [5.41, 5.74) is 2.68. The van der Waals surface area contributed by atoms with Gasteiger partial charge >= 0.3 is 0 Å². The minimum absolute atomic E-state index is 0.271. The first kappa shape index (κ1) is 24.2. The molecular weight excluding hydrogens is 468 g/mol. The van der Waals surface area contributed by atoms with Crippen molar-refractivity contribution in [1.82, 2.24) is 4.98 Å². The summed E-state index contributed by atoms with van der Waals surface area (Å²) in [5.74, 6) is 2.02. The van der Waals surface area contributed by atoms with Gasteiger partial charge in [-0.15, -0.1) is 0 Å². The van der Waals surface area contributed by atoms with E-state index < -0.39 is 0 Å². The van der Waals surface area contributed by atoms with Gasteiger partial charge in [0.1, 0.15) is 0 Å². The quantitative estimate of drug-likeness (QED) is 0.336. The van der Waals surface area contributed by atoms with Crippen LogP contribution in [0.4, 0.5) is 5.69 Å². The summed E-state index contributed by atoms with van der Waals surface area (Å²) in [7, 11) is 6.32. The van der Waals surface area contributed by atoms with E-state index in [1.807, 2.05) is 24.3 Å². The van der Waals surface area contributed by atoms with E-state index in [4.69, 9.17) is 30.5 Å². The van der Waals surface area contributed by atoms with Gasteiger partial charge in [-0.05, 0) is 59.5 Å². The van der Waals surface area contributed by atoms with Crippen molar-refractivity contribution in [2.75, 3.05) is 33.8 Å². The van der Waals surface area contributed by atoms with Crippen LogP contribution in [0, 0.1) is 0 Å². The van der Waals surface area contributed by atoms with Crippen molar-refractivity contribution in [1.29, 1.82) is 0 Å². The van der Waals surface area contributed by atoms with Gasteiger partial charge in [-0.25, -0.2) is 0 Å². The number of anilines is 1. The zero-order valence-corrected chi connectivity index (χ0v) is 20.6. The summed E-state index contributed by atoms with van der Waals surface area (Å²) in [6, 6.07) is 16.0. The second kappa shape index (κ2) is 10.5. The van der Waals surface area contributed by atoms with Gasteiger partial charge in [0.05, 0.1) is 34.1 Å². The summed E-state index contributed by atoms with van der Waals surface area (Å²) in [6.45, 7) is 0. The van der Waals surface area contributed by atoms with Crippen LogP contribution in [0.2, 0.25) is 5.02 Å². The van der Waals surface area contributed by atoms with Gasteiger partial charge in [0.25, 0.3) is 5.91 Å². The van der Waals surface area contributed by atoms with Crippen LogP contribution < -0.4 is 24.3 Å². The number of benzene rings is 3. The van der Waals surface area contributed by atoms with Crippen molar-refractivity contribution in [2.45, 2.75) is 6.42 Å². The Labute approximate surface area is 208 Å². The topological polar surface area (TPSA) is 78.9 Å². The number of carbonyl (C=O) groups is 1. The van der Waals surface area contributed by atoms with Crippen molar-refractivity contribution in [3.63, 3.8) is 0 Å². The summed E-state index contributed by atoms with van der Waals surface area (Å²) < 4.78 is 21.9. The monoisotopic (exact) mass is 492 g/mol. The molecule has 7 nitrogen and oxygen atoms in total. The molecule has 1 aromatic heterocycles. The summed E-state index contributed by atoms with van der Waals surface area (Å²) in [4.78, 5) is 17.6. The first-order valence-electron chi connectivity index (χ1n) is 10.8. The fraction of sp³-hybridized carbons (Fsp3) is 0.185. The highest BCUT2D eigenvalue weighted by molar-refractivity contribution is 6.30. The molecule has 0 spiro atoms. The van der Waals surface area contributed by atoms with Crippen LogP contribution in [-0.4, -0.2) is 39.3 Å². The maximum absolute atomic E-state index is 13.0. The summed E-state index contributed by atoms with van der Waals surface area (Å²) in [6.07, 6.45) is 2.17. The van der Waals surface area contributed by atoms with Gasteiger partial charge in [-0.3, -0.25) is 9.78 Å². The van der Waals surface area contributed by atoms with Crippen LogP contribution in [0.3, 0.4) is 0 Å². The molecule has 1 N–H and O–H groups in total. The molecule has 4 aromatic rings. The molecule has 0 radical (unpaired) electrons. The van der Waals surface area contributed by atoms with Crippen molar-refractivity contribution < 1.29 is 23.7 Å². The van der Waals surface area contributed by atoms with E-state index in [2.05, 4.69) is 10.3 Å². The Morgan fingerprint density at radius 1 is 0.829 bits per heavy atom. The lowest BCUT2D eigenvalue weighted by Gasteiger charge is -2.17. The predicted molar refractivity (Wildman–Crippen MR) is 137 cm³/mol. The molecule has 0 saturated carbocycles. The summed E-state index contributed by atoms with van der Waals surface area (Å²) in [5, 5.41) is 5.42. The number of halogens is 1. The van der Waals surface area contributed by atoms with Crippen LogP contribution in [0.25, 0.3) is 10.8 Å². The molecule has 0 bridgehead atoms. The maximum Gasteiger partial charge on any atom is 0.255 e. The van der Waals surface area contributed by atoms with E-state index >= 15 is 0 Å². The predicted octanol–water partition coefficient (Wildman–Crippen LogP) is 5.77. The Morgan fingerprint density at radius 3 is 2.09 bits per heavy atom. The molecule has 0 saturated heterocycles. The van der Waals surface area contributed by atoms with E-state index in [-0.39, 0.29) is 5.91 Å². The molecule has 180 valence electrons.